The Morgan fingerprint density at radius 2 is 2.16 bits per heavy atom. The largest absolute Gasteiger partial charge is 0.383 e. The van der Waals surface area contributed by atoms with Gasteiger partial charge in [-0.2, -0.15) is 0 Å². The number of hydrogen-bond donors (Lipinski definition) is 1. The lowest BCUT2D eigenvalue weighted by Crippen LogP contribution is -2.48. The first-order valence-electron chi connectivity index (χ1n) is 6.67. The van der Waals surface area contributed by atoms with Gasteiger partial charge in [0.1, 0.15) is 0 Å². The summed E-state index contributed by atoms with van der Waals surface area (Å²) in [6.45, 7) is 11.1. The van der Waals surface area contributed by atoms with E-state index in [0.717, 1.165) is 30.4 Å². The second-order valence-corrected chi connectivity index (χ2v) is 7.08. The second-order valence-electron chi connectivity index (χ2n) is 6.01. The third kappa shape index (κ3) is 6.47. The van der Waals surface area contributed by atoms with Gasteiger partial charge in [0.15, 0.2) is 0 Å². The van der Waals surface area contributed by atoms with Gasteiger partial charge in [0.25, 0.3) is 0 Å². The molecule has 1 atom stereocenters. The molecule has 1 aromatic heterocycles. The Hall–Kier alpha value is -0.490. The van der Waals surface area contributed by atoms with Gasteiger partial charge < -0.3 is 10.1 Å². The lowest BCUT2D eigenvalue weighted by molar-refractivity contribution is 0.0966. The molecule has 5 heteroatoms. The maximum atomic E-state index is 5.33. The minimum absolute atomic E-state index is 0.129. The number of thiazole rings is 1. The van der Waals surface area contributed by atoms with Crippen molar-refractivity contribution in [2.24, 2.45) is 0 Å². The van der Waals surface area contributed by atoms with E-state index in [9.17, 15) is 0 Å². The first-order chi connectivity index (χ1) is 8.81. The molecule has 0 amide bonds. The lowest BCUT2D eigenvalue weighted by Gasteiger charge is -2.30. The summed E-state index contributed by atoms with van der Waals surface area (Å²) in [4.78, 5) is 6.82. The van der Waals surface area contributed by atoms with E-state index in [2.05, 4.69) is 48.4 Å². The Morgan fingerprint density at radius 3 is 2.63 bits per heavy atom. The number of nitrogens with zero attached hydrogens (tertiary/aromatic N) is 2. The van der Waals surface area contributed by atoms with Gasteiger partial charge in [-0.3, -0.25) is 4.90 Å². The van der Waals surface area contributed by atoms with E-state index >= 15 is 0 Å². The molecule has 0 saturated carbocycles. The van der Waals surface area contributed by atoms with E-state index in [0.29, 0.717) is 6.04 Å². The summed E-state index contributed by atoms with van der Waals surface area (Å²) in [5.41, 5.74) is 1.27. The minimum Gasteiger partial charge on any atom is -0.383 e. The number of aromatic nitrogens is 1. The summed E-state index contributed by atoms with van der Waals surface area (Å²) >= 11 is 1.70. The van der Waals surface area contributed by atoms with Gasteiger partial charge in [-0.15, -0.1) is 11.3 Å². The molecule has 0 bridgehead atoms. The number of aryl methyl sites for hydroxylation is 1. The van der Waals surface area contributed by atoms with Crippen molar-refractivity contribution in [1.29, 1.82) is 0 Å². The van der Waals surface area contributed by atoms with Crippen LogP contribution in [0.25, 0.3) is 0 Å². The van der Waals surface area contributed by atoms with Crippen LogP contribution in [0.1, 0.15) is 31.5 Å². The zero-order valence-electron chi connectivity index (χ0n) is 13.0. The fourth-order valence-corrected chi connectivity index (χ4v) is 2.43. The molecular weight excluding hydrogens is 258 g/mol. The van der Waals surface area contributed by atoms with Crippen LogP contribution in [-0.4, -0.2) is 48.8 Å². The number of methoxy groups -OCH3 is 1. The van der Waals surface area contributed by atoms with Crippen molar-refractivity contribution in [2.45, 2.75) is 45.8 Å². The molecule has 4 nitrogen and oxygen atoms in total. The average molecular weight is 285 g/mol. The van der Waals surface area contributed by atoms with Gasteiger partial charge in [0.2, 0.25) is 0 Å². The van der Waals surface area contributed by atoms with Gasteiger partial charge in [0, 0.05) is 37.2 Å². The standard InChI is InChI=1S/C14H27N3OS/c1-11-16-12(10-19-11)8-17(5)13(9-18-6)7-15-14(2,3)4/h10,13,15H,7-9H2,1-6H3. The average Bonchev–Trinajstić information content (AvgIpc) is 2.68. The molecule has 0 fully saturated rings. The predicted molar refractivity (Wildman–Crippen MR) is 81.7 cm³/mol. The van der Waals surface area contributed by atoms with Crippen LogP contribution in [-0.2, 0) is 11.3 Å². The van der Waals surface area contributed by atoms with E-state index in [4.69, 9.17) is 4.74 Å². The van der Waals surface area contributed by atoms with Crippen molar-refractivity contribution in [3.05, 3.63) is 16.1 Å². The normalized spacial score (nSPS) is 14.1. The van der Waals surface area contributed by atoms with E-state index in [1.54, 1.807) is 18.4 Å². The Balaban J connectivity index is 2.54. The van der Waals surface area contributed by atoms with Crippen molar-refractivity contribution in [3.8, 4) is 0 Å². The van der Waals surface area contributed by atoms with Crippen molar-refractivity contribution in [2.75, 3.05) is 27.3 Å². The van der Waals surface area contributed by atoms with Crippen LogP contribution < -0.4 is 5.32 Å². The summed E-state index contributed by atoms with van der Waals surface area (Å²) in [5, 5.41) is 6.80. The Bertz CT molecular complexity index is 373. The molecule has 19 heavy (non-hydrogen) atoms. The Kier molecular flexibility index (Phi) is 6.39. The molecule has 0 aliphatic heterocycles. The fraction of sp³-hybridized carbons (Fsp3) is 0.786. The van der Waals surface area contributed by atoms with Crippen LogP contribution >= 0.6 is 11.3 Å². The molecule has 0 aliphatic carbocycles. The maximum Gasteiger partial charge on any atom is 0.0897 e. The third-order valence-electron chi connectivity index (χ3n) is 2.93. The highest BCUT2D eigenvalue weighted by Gasteiger charge is 2.18. The molecule has 110 valence electrons. The van der Waals surface area contributed by atoms with Crippen LogP contribution in [0.3, 0.4) is 0 Å². The second kappa shape index (κ2) is 7.33. The predicted octanol–water partition coefficient (Wildman–Crippen LogP) is 2.29. The van der Waals surface area contributed by atoms with Gasteiger partial charge in [-0.1, -0.05) is 0 Å². The first kappa shape index (κ1) is 16.6. The van der Waals surface area contributed by atoms with Gasteiger partial charge >= 0.3 is 0 Å². The van der Waals surface area contributed by atoms with Gasteiger partial charge in [-0.25, -0.2) is 4.98 Å². The number of likely N-dealkylation sites (N-methyl/N-ethyl adjacent to an activating group) is 1. The third-order valence-corrected chi connectivity index (χ3v) is 3.75. The number of hydrogen-bond acceptors (Lipinski definition) is 5. The zero-order chi connectivity index (χ0) is 14.5. The van der Waals surface area contributed by atoms with E-state index in [-0.39, 0.29) is 5.54 Å². The Labute approximate surface area is 121 Å². The van der Waals surface area contributed by atoms with Crippen LogP contribution in [0.2, 0.25) is 0 Å². The monoisotopic (exact) mass is 285 g/mol. The highest BCUT2D eigenvalue weighted by Crippen LogP contribution is 2.11. The topological polar surface area (TPSA) is 37.4 Å². The summed E-state index contributed by atoms with van der Waals surface area (Å²) in [6, 6.07) is 0.353. The molecule has 1 N–H and O–H groups in total. The smallest absolute Gasteiger partial charge is 0.0897 e. The molecular formula is C14H27N3OS. The molecule has 0 aliphatic rings. The van der Waals surface area contributed by atoms with E-state index < -0.39 is 0 Å². The summed E-state index contributed by atoms with van der Waals surface area (Å²) in [7, 11) is 3.88. The molecule has 0 saturated heterocycles. The van der Waals surface area contributed by atoms with Gasteiger partial charge in [0.05, 0.1) is 17.3 Å². The molecule has 0 spiro atoms. The van der Waals surface area contributed by atoms with Crippen molar-refractivity contribution in [1.82, 2.24) is 15.2 Å². The zero-order valence-corrected chi connectivity index (χ0v) is 13.8. The van der Waals surface area contributed by atoms with Crippen LogP contribution in [0.15, 0.2) is 5.38 Å². The summed E-state index contributed by atoms with van der Waals surface area (Å²) in [5.74, 6) is 0. The fourth-order valence-electron chi connectivity index (χ4n) is 1.82. The quantitative estimate of drug-likeness (QED) is 0.834. The van der Waals surface area contributed by atoms with Crippen LogP contribution in [0, 0.1) is 6.92 Å². The minimum atomic E-state index is 0.129. The maximum absolute atomic E-state index is 5.33. The van der Waals surface area contributed by atoms with Crippen LogP contribution in [0.4, 0.5) is 0 Å². The number of nitrogens with one attached hydrogen (secondary N) is 1. The summed E-state index contributed by atoms with van der Waals surface area (Å²) in [6.07, 6.45) is 0. The SMILES string of the molecule is COCC(CNC(C)(C)C)N(C)Cc1csc(C)n1. The molecule has 1 unspecified atom stereocenters. The van der Waals surface area contributed by atoms with Crippen molar-refractivity contribution >= 4 is 11.3 Å². The molecule has 0 radical (unpaired) electrons. The summed E-state index contributed by atoms with van der Waals surface area (Å²) < 4.78 is 5.33. The highest BCUT2D eigenvalue weighted by atomic mass is 32.1. The number of ether oxygens (including phenoxy) is 1. The molecule has 0 aromatic carbocycles. The lowest BCUT2D eigenvalue weighted by atomic mass is 10.1. The molecule has 1 rings (SSSR count). The first-order valence-corrected chi connectivity index (χ1v) is 7.55. The van der Waals surface area contributed by atoms with Crippen LogP contribution in [0.5, 0.6) is 0 Å². The van der Waals surface area contributed by atoms with E-state index in [1.165, 1.54) is 0 Å². The van der Waals surface area contributed by atoms with Crippen molar-refractivity contribution < 1.29 is 4.74 Å². The Morgan fingerprint density at radius 1 is 1.47 bits per heavy atom. The van der Waals surface area contributed by atoms with E-state index in [1.807, 2.05) is 6.92 Å². The van der Waals surface area contributed by atoms with Gasteiger partial charge in [-0.05, 0) is 34.7 Å². The molecule has 1 aromatic rings. The highest BCUT2D eigenvalue weighted by molar-refractivity contribution is 7.09. The molecule has 1 heterocycles. The van der Waals surface area contributed by atoms with Crippen molar-refractivity contribution in [3.63, 3.8) is 0 Å². The number of rotatable bonds is 7.